The number of unbranched alkanes of at least 4 members (excludes halogenated alkanes) is 4. The van der Waals surface area contributed by atoms with Gasteiger partial charge >= 0.3 is 108 Å². The molecule has 0 aliphatic carbocycles. The molecule has 5 rings (SSSR count). The fraction of sp³-hybridized carbons (Fsp3) is 0.440. The van der Waals surface area contributed by atoms with Crippen LogP contribution in [0.1, 0.15) is 150 Å². The van der Waals surface area contributed by atoms with Crippen LogP contribution in [0.4, 0.5) is 0 Å². The molecule has 0 N–H and O–H groups in total. The third-order valence-electron chi connectivity index (χ3n) is 10.2. The SMILES string of the molecule is CCCCC1=C(c2cc(CC)cc(CC)c2)[N+](=[N-])C(c2cc(CCCC)cc(CCCC)c2)=C1CCCC.c1ccc(C[O][Ni][O]Cc2ccccc2)cc1. The van der Waals surface area contributed by atoms with Crippen LogP contribution in [0.3, 0.4) is 0 Å². The number of nitrogens with zero attached hydrogens (tertiary/aromatic N) is 2. The minimum atomic E-state index is 0.565. The van der Waals surface area contributed by atoms with Crippen molar-refractivity contribution < 1.29 is 27.5 Å². The van der Waals surface area contributed by atoms with E-state index in [4.69, 9.17) is 7.76 Å². The molecule has 1 heterocycles. The van der Waals surface area contributed by atoms with Gasteiger partial charge in [0.15, 0.2) is 0 Å². The van der Waals surface area contributed by atoms with Crippen LogP contribution in [0.2, 0.25) is 0 Å². The monoisotopic (exact) mass is 784 g/mol. The summed E-state index contributed by atoms with van der Waals surface area (Å²) in [6.45, 7) is 14.7. The van der Waals surface area contributed by atoms with Gasteiger partial charge in [-0.1, -0.05) is 79.4 Å². The Balaban J connectivity index is 0.000000328. The summed E-state index contributed by atoms with van der Waals surface area (Å²) in [5, 5.41) is 0. The summed E-state index contributed by atoms with van der Waals surface area (Å²) in [6.07, 6.45) is 15.7. The Morgan fingerprint density at radius 3 is 1.20 bits per heavy atom. The van der Waals surface area contributed by atoms with E-state index in [2.05, 4.69) is 77.9 Å². The first-order chi connectivity index (χ1) is 27.0. The topological polar surface area (TPSA) is 43.8 Å². The third-order valence-corrected chi connectivity index (χ3v) is 10.7. The van der Waals surface area contributed by atoms with Gasteiger partial charge in [0.05, 0.1) is 0 Å². The molecule has 0 aromatic heterocycles. The Kier molecular flexibility index (Phi) is 19.9. The zero-order chi connectivity index (χ0) is 39.3. The first-order valence-electron chi connectivity index (χ1n) is 21.1. The van der Waals surface area contributed by atoms with E-state index in [1.165, 1.54) is 70.2 Å². The number of hydrogen-bond donors (Lipinski definition) is 0. The van der Waals surface area contributed by atoms with Gasteiger partial charge in [0.25, 0.3) is 0 Å². The number of benzene rings is 4. The van der Waals surface area contributed by atoms with E-state index in [0.29, 0.717) is 13.2 Å². The fourth-order valence-electron chi connectivity index (χ4n) is 7.07. The third kappa shape index (κ3) is 13.8. The molecule has 1 aliphatic heterocycles. The average molecular weight is 786 g/mol. The second kappa shape index (κ2) is 24.8. The van der Waals surface area contributed by atoms with Crippen LogP contribution in [0.15, 0.2) is 108 Å². The van der Waals surface area contributed by atoms with Crippen molar-refractivity contribution in [3.05, 3.63) is 158 Å². The van der Waals surface area contributed by atoms with E-state index in [1.807, 2.05) is 60.7 Å². The van der Waals surface area contributed by atoms with Crippen molar-refractivity contribution in [2.75, 3.05) is 0 Å². The van der Waals surface area contributed by atoms with Crippen molar-refractivity contribution in [3.63, 3.8) is 0 Å². The Morgan fingerprint density at radius 1 is 0.455 bits per heavy atom. The molecule has 298 valence electrons. The summed E-state index contributed by atoms with van der Waals surface area (Å²) >= 11 is 0.863. The summed E-state index contributed by atoms with van der Waals surface area (Å²) in [5.74, 6) is 0. The summed E-state index contributed by atoms with van der Waals surface area (Å²) < 4.78 is 12.3. The maximum absolute atomic E-state index is 12.1. The van der Waals surface area contributed by atoms with E-state index in [9.17, 15) is 5.53 Å². The standard InChI is InChI=1S/C36H52N2.2C7H7O.Ni/c1-7-13-17-29-22-30(18-14-8-2)26-32(25-29)36-34(20-16-10-4)33(19-15-9-3)35(38(36)37)31-23-27(11-5)21-28(12-6)24-31;2*8-6-7-4-2-1-3-5-7;/h21-26H,7-20H2,1-6H3;2*1-5H,6H2;/q;2*-1;+2. The first-order valence-corrected chi connectivity index (χ1v) is 21.9. The van der Waals surface area contributed by atoms with Crippen molar-refractivity contribution in [2.24, 2.45) is 0 Å². The van der Waals surface area contributed by atoms with Crippen LogP contribution in [0.25, 0.3) is 16.9 Å². The van der Waals surface area contributed by atoms with Crippen LogP contribution >= 0.6 is 0 Å². The van der Waals surface area contributed by atoms with Crippen LogP contribution in [0, 0.1) is 0 Å². The molecule has 0 fully saturated rings. The van der Waals surface area contributed by atoms with Gasteiger partial charge in [-0.25, -0.2) is 4.70 Å². The molecule has 0 radical (unpaired) electrons. The Morgan fingerprint density at radius 2 is 0.818 bits per heavy atom. The Bertz CT molecular complexity index is 1720. The van der Waals surface area contributed by atoms with Crippen LogP contribution in [-0.4, -0.2) is 4.70 Å². The molecule has 4 aromatic carbocycles. The molecular formula is C50H66N2NiO2. The molecule has 0 bridgehead atoms. The van der Waals surface area contributed by atoms with Gasteiger partial charge in [-0.05, 0) is 111 Å². The maximum atomic E-state index is 12.1. The molecule has 0 amide bonds. The van der Waals surface area contributed by atoms with Gasteiger partial charge in [-0.3, -0.25) is 0 Å². The molecule has 0 saturated carbocycles. The molecule has 0 spiro atoms. The molecule has 1 aliphatic rings. The molecule has 55 heavy (non-hydrogen) atoms. The summed E-state index contributed by atoms with van der Waals surface area (Å²) in [5.41, 5.74) is 27.1. The van der Waals surface area contributed by atoms with E-state index >= 15 is 0 Å². The van der Waals surface area contributed by atoms with Gasteiger partial charge in [0.2, 0.25) is 11.4 Å². The number of hydrogen-bond acceptors (Lipinski definition) is 2. The van der Waals surface area contributed by atoms with E-state index < -0.39 is 0 Å². The van der Waals surface area contributed by atoms with E-state index in [1.54, 1.807) is 4.70 Å². The van der Waals surface area contributed by atoms with Crippen molar-refractivity contribution >= 4 is 11.4 Å². The van der Waals surface area contributed by atoms with Crippen molar-refractivity contribution in [1.82, 2.24) is 0 Å². The predicted octanol–water partition coefficient (Wildman–Crippen LogP) is 14.4. The molecule has 4 nitrogen and oxygen atoms in total. The average Bonchev–Trinajstić information content (AvgIpc) is 3.51. The quantitative estimate of drug-likeness (QED) is 0.0452. The van der Waals surface area contributed by atoms with Gasteiger partial charge in [-0.15, -0.1) is 0 Å². The first kappa shape index (κ1) is 44.1. The second-order valence-corrected chi connectivity index (χ2v) is 15.4. The van der Waals surface area contributed by atoms with Crippen LogP contribution < -0.4 is 0 Å². The van der Waals surface area contributed by atoms with Gasteiger partial charge < -0.3 is 5.53 Å². The Hall–Kier alpha value is -3.63. The number of rotatable bonds is 22. The Labute approximate surface area is 340 Å². The number of aryl methyl sites for hydroxylation is 4. The fourth-order valence-corrected chi connectivity index (χ4v) is 7.59. The molecule has 5 heteroatoms. The molecule has 0 atom stereocenters. The predicted molar refractivity (Wildman–Crippen MR) is 228 cm³/mol. The molecule has 4 aromatic rings. The summed E-state index contributed by atoms with van der Waals surface area (Å²) in [4.78, 5) is 0. The zero-order valence-corrected chi connectivity index (χ0v) is 35.6. The van der Waals surface area contributed by atoms with Gasteiger partial charge in [0.1, 0.15) is 0 Å². The zero-order valence-electron chi connectivity index (χ0n) is 34.6. The minimum absolute atomic E-state index is 0.565. The van der Waals surface area contributed by atoms with Crippen molar-refractivity contribution in [2.45, 2.75) is 145 Å². The second-order valence-electron chi connectivity index (χ2n) is 14.7. The van der Waals surface area contributed by atoms with E-state index in [0.717, 1.165) is 102 Å². The van der Waals surface area contributed by atoms with Crippen LogP contribution in [0.5, 0.6) is 0 Å². The number of allylic oxidation sites excluding steroid dienone is 2. The van der Waals surface area contributed by atoms with E-state index in [-0.39, 0.29) is 0 Å². The summed E-state index contributed by atoms with van der Waals surface area (Å²) in [7, 11) is 0. The van der Waals surface area contributed by atoms with Crippen molar-refractivity contribution in [3.8, 4) is 0 Å². The molecule has 0 unspecified atom stereocenters. The molecular weight excluding hydrogens is 719 g/mol. The van der Waals surface area contributed by atoms with Crippen molar-refractivity contribution in [1.29, 1.82) is 0 Å². The van der Waals surface area contributed by atoms with Gasteiger partial charge in [0, 0.05) is 22.3 Å². The molecule has 0 saturated heterocycles. The van der Waals surface area contributed by atoms with Crippen LogP contribution in [-0.2, 0) is 61.7 Å². The summed E-state index contributed by atoms with van der Waals surface area (Å²) in [6, 6.07) is 34.2. The normalized spacial score (nSPS) is 12.8. The van der Waals surface area contributed by atoms with Gasteiger partial charge in [-0.2, -0.15) is 0 Å².